The number of esters is 1. The van der Waals surface area contributed by atoms with Gasteiger partial charge in [-0.3, -0.25) is 19.5 Å². The molecule has 0 N–H and O–H groups in total. The first kappa shape index (κ1) is 30.7. The van der Waals surface area contributed by atoms with Crippen LogP contribution in [0.5, 0.6) is 5.75 Å². The van der Waals surface area contributed by atoms with Crippen molar-refractivity contribution in [1.82, 2.24) is 4.57 Å². The molecule has 0 spiro atoms. The van der Waals surface area contributed by atoms with E-state index in [2.05, 4.69) is 20.8 Å². The van der Waals surface area contributed by atoms with Gasteiger partial charge in [-0.05, 0) is 68.5 Å². The van der Waals surface area contributed by atoms with E-state index in [0.29, 0.717) is 49.6 Å². The van der Waals surface area contributed by atoms with Crippen LogP contribution in [0.25, 0.3) is 6.08 Å². The van der Waals surface area contributed by atoms with Crippen LogP contribution in [-0.2, 0) is 9.53 Å². The quantitative estimate of drug-likeness (QED) is 0.174. The molecule has 0 amide bonds. The maximum Gasteiger partial charge on any atom is 0.338 e. The van der Waals surface area contributed by atoms with Gasteiger partial charge in [0.25, 0.3) is 11.2 Å². The van der Waals surface area contributed by atoms with Crippen LogP contribution < -0.4 is 24.5 Å². The number of thiazole rings is 1. The Kier molecular flexibility index (Phi) is 9.46. The molecule has 226 valence electrons. The summed E-state index contributed by atoms with van der Waals surface area (Å²) in [6.07, 6.45) is 6.00. The highest BCUT2D eigenvalue weighted by Crippen LogP contribution is 2.38. The zero-order chi connectivity index (χ0) is 30.7. The molecular weight excluding hydrogens is 636 g/mol. The summed E-state index contributed by atoms with van der Waals surface area (Å²) in [6, 6.07) is 9.67. The summed E-state index contributed by atoms with van der Waals surface area (Å²) in [5.74, 6) is -0.0359. The van der Waals surface area contributed by atoms with Crippen molar-refractivity contribution in [3.63, 3.8) is 0 Å². The zero-order valence-corrected chi connectivity index (χ0v) is 26.7. The van der Waals surface area contributed by atoms with Gasteiger partial charge < -0.3 is 14.4 Å². The number of nitro benzene ring substituents is 1. The molecule has 0 unspecified atom stereocenters. The highest BCUT2D eigenvalue weighted by molar-refractivity contribution is 9.10. The van der Waals surface area contributed by atoms with Crippen LogP contribution in [-0.4, -0.2) is 42.3 Å². The SMILES string of the molecule is CCCC1=C(C(=O)OCC)[C@@H](c2cc(Br)ccc2OC)n2c(s/c(=C\c3ccc(N4CCCCC4)c([N+](=O)[O-])c3)c2=O)=N1. The minimum atomic E-state index is -0.845. The number of ether oxygens (including phenoxy) is 2. The van der Waals surface area contributed by atoms with Crippen molar-refractivity contribution in [2.45, 2.75) is 52.0 Å². The topological polar surface area (TPSA) is 116 Å². The third-order valence-corrected chi connectivity index (χ3v) is 9.05. The summed E-state index contributed by atoms with van der Waals surface area (Å²) in [6.45, 7) is 5.45. The zero-order valence-electron chi connectivity index (χ0n) is 24.3. The number of halogens is 1. The molecule has 3 heterocycles. The Bertz CT molecular complexity index is 1770. The second-order valence-corrected chi connectivity index (χ2v) is 12.3. The summed E-state index contributed by atoms with van der Waals surface area (Å²) >= 11 is 4.71. The lowest BCUT2D eigenvalue weighted by Gasteiger charge is -2.28. The van der Waals surface area contributed by atoms with E-state index in [4.69, 9.17) is 14.5 Å². The van der Waals surface area contributed by atoms with Gasteiger partial charge in [0.05, 0.1) is 34.4 Å². The van der Waals surface area contributed by atoms with Crippen LogP contribution in [0.15, 0.2) is 61.9 Å². The van der Waals surface area contributed by atoms with E-state index in [0.717, 1.165) is 43.2 Å². The minimum absolute atomic E-state index is 0.00926. The van der Waals surface area contributed by atoms with Crippen molar-refractivity contribution in [3.05, 3.63) is 93.1 Å². The summed E-state index contributed by atoms with van der Waals surface area (Å²) in [4.78, 5) is 46.5. The molecule has 1 atom stereocenters. The predicted molar refractivity (Wildman–Crippen MR) is 169 cm³/mol. The molecule has 3 aromatic rings. The molecule has 12 heteroatoms. The fourth-order valence-electron chi connectivity index (χ4n) is 5.66. The summed E-state index contributed by atoms with van der Waals surface area (Å²) in [5.41, 5.74) is 2.23. The molecule has 1 aromatic heterocycles. The first-order chi connectivity index (χ1) is 20.8. The van der Waals surface area contributed by atoms with Crippen molar-refractivity contribution in [3.8, 4) is 5.75 Å². The normalized spacial score (nSPS) is 17.0. The van der Waals surface area contributed by atoms with Crippen molar-refractivity contribution >= 4 is 50.7 Å². The van der Waals surface area contributed by atoms with Crippen LogP contribution in [0.1, 0.15) is 63.1 Å². The molecule has 2 aliphatic heterocycles. The van der Waals surface area contributed by atoms with Crippen LogP contribution >= 0.6 is 27.3 Å². The van der Waals surface area contributed by atoms with E-state index in [9.17, 15) is 19.7 Å². The fraction of sp³-hybridized carbons (Fsp3) is 0.387. The summed E-state index contributed by atoms with van der Waals surface area (Å²) in [5, 5.41) is 12.1. The number of rotatable bonds is 9. The van der Waals surface area contributed by atoms with Gasteiger partial charge in [-0.1, -0.05) is 46.7 Å². The lowest BCUT2D eigenvalue weighted by molar-refractivity contribution is -0.384. The Morgan fingerprint density at radius 1 is 1.19 bits per heavy atom. The summed E-state index contributed by atoms with van der Waals surface area (Å²) in [7, 11) is 1.54. The smallest absolute Gasteiger partial charge is 0.338 e. The van der Waals surface area contributed by atoms with E-state index < -0.39 is 12.0 Å². The second-order valence-electron chi connectivity index (χ2n) is 10.4. The van der Waals surface area contributed by atoms with Gasteiger partial charge in [0, 0.05) is 29.2 Å². The monoisotopic (exact) mass is 668 g/mol. The number of aromatic nitrogens is 1. The first-order valence-corrected chi connectivity index (χ1v) is 16.0. The van der Waals surface area contributed by atoms with Crippen LogP contribution in [0.3, 0.4) is 0 Å². The number of nitro groups is 1. The van der Waals surface area contributed by atoms with Crippen LogP contribution in [0.2, 0.25) is 0 Å². The summed E-state index contributed by atoms with van der Waals surface area (Å²) < 4.78 is 13.7. The molecular formula is C31H33BrN4O6S. The predicted octanol–water partition coefficient (Wildman–Crippen LogP) is 5.25. The van der Waals surface area contributed by atoms with Crippen LogP contribution in [0.4, 0.5) is 11.4 Å². The van der Waals surface area contributed by atoms with E-state index in [1.54, 1.807) is 31.2 Å². The Morgan fingerprint density at radius 3 is 2.63 bits per heavy atom. The molecule has 5 rings (SSSR count). The number of methoxy groups -OCH3 is 1. The van der Waals surface area contributed by atoms with E-state index in [-0.39, 0.29) is 22.8 Å². The van der Waals surface area contributed by atoms with Crippen LogP contribution in [0, 0.1) is 10.1 Å². The van der Waals surface area contributed by atoms with Gasteiger partial charge in [0.1, 0.15) is 17.5 Å². The highest BCUT2D eigenvalue weighted by Gasteiger charge is 2.36. The third-order valence-electron chi connectivity index (χ3n) is 7.57. The molecule has 0 radical (unpaired) electrons. The lowest BCUT2D eigenvalue weighted by atomic mass is 9.93. The van der Waals surface area contributed by atoms with Gasteiger partial charge in [0.2, 0.25) is 0 Å². The van der Waals surface area contributed by atoms with E-state index in [1.165, 1.54) is 29.1 Å². The Morgan fingerprint density at radius 2 is 1.95 bits per heavy atom. The van der Waals surface area contributed by atoms with E-state index >= 15 is 0 Å². The number of carbonyl (C=O) groups excluding carboxylic acids is 1. The molecule has 1 saturated heterocycles. The molecule has 2 aliphatic rings. The number of nitrogens with zero attached hydrogens (tertiary/aromatic N) is 4. The molecule has 0 saturated carbocycles. The largest absolute Gasteiger partial charge is 0.496 e. The third kappa shape index (κ3) is 6.16. The van der Waals surface area contributed by atoms with Gasteiger partial charge in [-0.15, -0.1) is 0 Å². The molecule has 0 aliphatic carbocycles. The molecule has 1 fully saturated rings. The number of piperidine rings is 1. The van der Waals surface area contributed by atoms with Gasteiger partial charge >= 0.3 is 5.97 Å². The van der Waals surface area contributed by atoms with Gasteiger partial charge in [0.15, 0.2) is 4.80 Å². The van der Waals surface area contributed by atoms with Crippen molar-refractivity contribution < 1.29 is 19.2 Å². The van der Waals surface area contributed by atoms with Gasteiger partial charge in [-0.2, -0.15) is 0 Å². The number of carbonyl (C=O) groups is 1. The highest BCUT2D eigenvalue weighted by atomic mass is 79.9. The average Bonchev–Trinajstić information content (AvgIpc) is 3.31. The number of allylic oxidation sites excluding steroid dienone is 1. The van der Waals surface area contributed by atoms with Gasteiger partial charge in [-0.25, -0.2) is 9.79 Å². The number of hydrogen-bond donors (Lipinski definition) is 0. The molecule has 0 bridgehead atoms. The number of benzene rings is 2. The number of hydrogen-bond acceptors (Lipinski definition) is 9. The Balaban J connectivity index is 1.71. The lowest BCUT2D eigenvalue weighted by Crippen LogP contribution is -2.40. The Hall–Kier alpha value is -3.77. The molecule has 10 nitrogen and oxygen atoms in total. The maximum atomic E-state index is 14.1. The maximum absolute atomic E-state index is 14.1. The fourth-order valence-corrected chi connectivity index (χ4v) is 7.06. The average molecular weight is 670 g/mol. The standard InChI is InChI=1S/C31H33BrN4O6S/c1-4-9-22-27(30(38)42-5-2)28(21-18-20(32)11-13-25(21)41-3)35-29(37)26(43-31(35)33-22)17-19-10-12-23(24(16-19)36(39)40)34-14-7-6-8-15-34/h10-13,16-18,28H,4-9,14-15H2,1-3H3/b26-17-/t28-/m1/s1. The van der Waals surface area contributed by atoms with Crippen molar-refractivity contribution in [2.75, 3.05) is 31.7 Å². The number of anilines is 1. The first-order valence-electron chi connectivity index (χ1n) is 14.4. The van der Waals surface area contributed by atoms with Crippen molar-refractivity contribution in [1.29, 1.82) is 0 Å². The van der Waals surface area contributed by atoms with E-state index in [1.807, 2.05) is 19.1 Å². The Labute approximate surface area is 261 Å². The van der Waals surface area contributed by atoms with Crippen molar-refractivity contribution in [2.24, 2.45) is 4.99 Å². The minimum Gasteiger partial charge on any atom is -0.496 e. The second kappa shape index (κ2) is 13.3. The molecule has 2 aromatic carbocycles. The number of fused-ring (bicyclic) bond motifs is 1. The molecule has 43 heavy (non-hydrogen) atoms.